The second-order valence-electron chi connectivity index (χ2n) is 4.82. The Kier molecular flexibility index (Phi) is 3.77. The quantitative estimate of drug-likeness (QED) is 0.807. The Morgan fingerprint density at radius 1 is 1.41 bits per heavy atom. The molecule has 0 radical (unpaired) electrons. The van der Waals surface area contributed by atoms with Crippen molar-refractivity contribution in [3.05, 3.63) is 58.8 Å². The van der Waals surface area contributed by atoms with Crippen LogP contribution in [0.15, 0.2) is 36.8 Å². The van der Waals surface area contributed by atoms with Crippen LogP contribution in [0, 0.1) is 5.82 Å². The summed E-state index contributed by atoms with van der Waals surface area (Å²) in [5.41, 5.74) is 2.02. The zero-order valence-electron chi connectivity index (χ0n) is 11.7. The first-order chi connectivity index (χ1) is 10.6. The van der Waals surface area contributed by atoms with Gasteiger partial charge < -0.3 is 9.88 Å². The minimum Gasteiger partial charge on any atom is -0.348 e. The van der Waals surface area contributed by atoms with Crippen molar-refractivity contribution < 1.29 is 9.18 Å². The second-order valence-corrected chi connectivity index (χ2v) is 5.23. The second kappa shape index (κ2) is 5.73. The van der Waals surface area contributed by atoms with Crippen LogP contribution in [-0.2, 0) is 13.6 Å². The monoisotopic (exact) mass is 318 g/mol. The molecule has 112 valence electrons. The summed E-state index contributed by atoms with van der Waals surface area (Å²) in [6.45, 7) is 0.0471. The van der Waals surface area contributed by atoms with E-state index in [0.29, 0.717) is 22.3 Å². The van der Waals surface area contributed by atoms with E-state index in [1.54, 1.807) is 29.1 Å². The van der Waals surface area contributed by atoms with Gasteiger partial charge in [0.2, 0.25) is 0 Å². The molecule has 1 aromatic carbocycles. The van der Waals surface area contributed by atoms with Gasteiger partial charge in [-0.15, -0.1) is 0 Å². The van der Waals surface area contributed by atoms with Gasteiger partial charge in [0.25, 0.3) is 5.91 Å². The van der Waals surface area contributed by atoms with Crippen molar-refractivity contribution in [3.63, 3.8) is 0 Å². The molecule has 3 aromatic rings. The van der Waals surface area contributed by atoms with Crippen LogP contribution in [0.1, 0.15) is 15.9 Å². The van der Waals surface area contributed by atoms with Crippen molar-refractivity contribution in [3.8, 4) is 0 Å². The molecule has 0 fully saturated rings. The van der Waals surface area contributed by atoms with Crippen LogP contribution in [0.25, 0.3) is 11.2 Å². The lowest BCUT2D eigenvalue weighted by Crippen LogP contribution is -2.23. The van der Waals surface area contributed by atoms with Gasteiger partial charge in [0.15, 0.2) is 5.65 Å². The van der Waals surface area contributed by atoms with Crippen LogP contribution in [0.5, 0.6) is 0 Å². The number of amides is 1. The molecule has 0 aliphatic heterocycles. The third-order valence-electron chi connectivity index (χ3n) is 3.28. The zero-order chi connectivity index (χ0) is 15.7. The van der Waals surface area contributed by atoms with Gasteiger partial charge in [-0.3, -0.25) is 4.79 Å². The number of carbonyl (C=O) groups excluding carboxylic acids is 1. The topological polar surface area (TPSA) is 59.8 Å². The number of hydrogen-bond donors (Lipinski definition) is 1. The average Bonchev–Trinajstić information content (AvgIpc) is 2.89. The van der Waals surface area contributed by atoms with Crippen LogP contribution < -0.4 is 5.32 Å². The van der Waals surface area contributed by atoms with E-state index < -0.39 is 5.82 Å². The van der Waals surface area contributed by atoms with E-state index in [9.17, 15) is 9.18 Å². The first-order valence-electron chi connectivity index (χ1n) is 6.54. The molecule has 3 rings (SSSR count). The summed E-state index contributed by atoms with van der Waals surface area (Å²) in [5, 5.41) is 2.67. The zero-order valence-corrected chi connectivity index (χ0v) is 12.4. The largest absolute Gasteiger partial charge is 0.348 e. The lowest BCUT2D eigenvalue weighted by atomic mass is 10.2. The number of fused-ring (bicyclic) bond motifs is 1. The molecule has 0 unspecified atom stereocenters. The molecule has 5 nitrogen and oxygen atoms in total. The predicted molar refractivity (Wildman–Crippen MR) is 81.1 cm³/mol. The van der Waals surface area contributed by atoms with Crippen molar-refractivity contribution in [2.24, 2.45) is 7.05 Å². The first kappa shape index (κ1) is 14.5. The van der Waals surface area contributed by atoms with Crippen LogP contribution >= 0.6 is 11.6 Å². The maximum Gasteiger partial charge on any atom is 0.253 e. The molecule has 1 amide bonds. The summed E-state index contributed by atoms with van der Waals surface area (Å²) in [7, 11) is 1.82. The molecule has 0 saturated carbocycles. The molecule has 22 heavy (non-hydrogen) atoms. The minimum absolute atomic E-state index is 0.0309. The summed E-state index contributed by atoms with van der Waals surface area (Å²) in [6.07, 6.45) is 3.09. The minimum atomic E-state index is -0.525. The number of rotatable bonds is 3. The highest BCUT2D eigenvalue weighted by atomic mass is 35.5. The van der Waals surface area contributed by atoms with Gasteiger partial charge in [-0.05, 0) is 12.1 Å². The molecular weight excluding hydrogens is 307 g/mol. The third kappa shape index (κ3) is 2.65. The van der Waals surface area contributed by atoms with Crippen molar-refractivity contribution in [2.45, 2.75) is 6.54 Å². The molecule has 0 saturated heterocycles. The van der Waals surface area contributed by atoms with E-state index in [1.165, 1.54) is 12.3 Å². The first-order valence-corrected chi connectivity index (χ1v) is 6.92. The fourth-order valence-electron chi connectivity index (χ4n) is 2.10. The Hall–Kier alpha value is -2.47. The molecule has 0 aliphatic carbocycles. The Labute approximate surface area is 130 Å². The standard InChI is InChI=1S/C15H12ClFN4O/c1-21-8-20-12-5-10(7-18-14(12)21)15(22)19-6-9-3-2-4-11(16)13(9)17/h2-5,7-8H,6H2,1H3,(H,19,22). The molecule has 2 aromatic heterocycles. The van der Waals surface area contributed by atoms with Crippen molar-refractivity contribution >= 4 is 28.7 Å². The number of nitrogens with zero attached hydrogens (tertiary/aromatic N) is 3. The maximum atomic E-state index is 13.8. The molecule has 2 heterocycles. The van der Waals surface area contributed by atoms with Crippen LogP contribution in [0.4, 0.5) is 4.39 Å². The number of hydrogen-bond acceptors (Lipinski definition) is 3. The fourth-order valence-corrected chi connectivity index (χ4v) is 2.30. The number of nitrogens with one attached hydrogen (secondary N) is 1. The molecule has 7 heteroatoms. The molecule has 0 spiro atoms. The van der Waals surface area contributed by atoms with Crippen molar-refractivity contribution in [2.75, 3.05) is 0 Å². The van der Waals surface area contributed by atoms with Crippen molar-refractivity contribution in [1.82, 2.24) is 19.9 Å². The van der Waals surface area contributed by atoms with E-state index in [2.05, 4.69) is 15.3 Å². The highest BCUT2D eigenvalue weighted by Gasteiger charge is 2.11. The molecule has 0 atom stereocenters. The summed E-state index contributed by atoms with van der Waals surface area (Å²) in [4.78, 5) is 20.5. The van der Waals surface area contributed by atoms with E-state index in [4.69, 9.17) is 11.6 Å². The fraction of sp³-hybridized carbons (Fsp3) is 0.133. The number of imidazole rings is 1. The van der Waals surface area contributed by atoms with E-state index in [-0.39, 0.29) is 17.5 Å². The van der Waals surface area contributed by atoms with Gasteiger partial charge in [-0.25, -0.2) is 14.4 Å². The number of benzene rings is 1. The van der Waals surface area contributed by atoms with Gasteiger partial charge in [0, 0.05) is 25.4 Å². The summed E-state index contributed by atoms with van der Waals surface area (Å²) in [5.74, 6) is -0.873. The molecule has 1 N–H and O–H groups in total. The molecule has 0 bridgehead atoms. The number of aryl methyl sites for hydroxylation is 1. The molecule has 0 aliphatic rings. The molecular formula is C15H12ClFN4O. The summed E-state index contributed by atoms with van der Waals surface area (Å²) >= 11 is 5.71. The lowest BCUT2D eigenvalue weighted by molar-refractivity contribution is 0.0950. The van der Waals surface area contributed by atoms with Crippen LogP contribution in [-0.4, -0.2) is 20.4 Å². The van der Waals surface area contributed by atoms with E-state index in [1.807, 2.05) is 7.05 Å². The summed E-state index contributed by atoms with van der Waals surface area (Å²) in [6, 6.07) is 6.31. The average molecular weight is 319 g/mol. The normalized spacial score (nSPS) is 10.9. The Bertz CT molecular complexity index is 862. The van der Waals surface area contributed by atoms with Crippen LogP contribution in [0.2, 0.25) is 5.02 Å². The van der Waals surface area contributed by atoms with Gasteiger partial charge >= 0.3 is 0 Å². The lowest BCUT2D eigenvalue weighted by Gasteiger charge is -2.07. The van der Waals surface area contributed by atoms with Gasteiger partial charge in [-0.1, -0.05) is 23.7 Å². The predicted octanol–water partition coefficient (Wildman–Crippen LogP) is 2.69. The number of pyridine rings is 1. The van der Waals surface area contributed by atoms with Gasteiger partial charge in [0.1, 0.15) is 11.3 Å². The number of carbonyl (C=O) groups is 1. The highest BCUT2D eigenvalue weighted by molar-refractivity contribution is 6.30. The Morgan fingerprint density at radius 3 is 3.05 bits per heavy atom. The van der Waals surface area contributed by atoms with E-state index >= 15 is 0 Å². The van der Waals surface area contributed by atoms with E-state index in [0.717, 1.165) is 0 Å². The SMILES string of the molecule is Cn1cnc2cc(C(=O)NCc3cccc(Cl)c3F)cnc21. The maximum absolute atomic E-state index is 13.8. The number of halogens is 2. The van der Waals surface area contributed by atoms with Crippen molar-refractivity contribution in [1.29, 1.82) is 0 Å². The Balaban J connectivity index is 1.77. The Morgan fingerprint density at radius 2 is 2.23 bits per heavy atom. The van der Waals surface area contributed by atoms with Crippen LogP contribution in [0.3, 0.4) is 0 Å². The highest BCUT2D eigenvalue weighted by Crippen LogP contribution is 2.18. The van der Waals surface area contributed by atoms with Gasteiger partial charge in [0.05, 0.1) is 16.9 Å². The third-order valence-corrected chi connectivity index (χ3v) is 3.58. The summed E-state index contributed by atoms with van der Waals surface area (Å²) < 4.78 is 15.5. The smallest absolute Gasteiger partial charge is 0.253 e. The number of aromatic nitrogens is 3. The van der Waals surface area contributed by atoms with Gasteiger partial charge in [-0.2, -0.15) is 0 Å².